The number of benzene rings is 2. The van der Waals surface area contributed by atoms with Gasteiger partial charge in [0.2, 0.25) is 0 Å². The summed E-state index contributed by atoms with van der Waals surface area (Å²) in [7, 11) is 0. The summed E-state index contributed by atoms with van der Waals surface area (Å²) in [5.74, 6) is -1.06. The van der Waals surface area contributed by atoms with E-state index in [1.165, 1.54) is 0 Å². The fourth-order valence-corrected chi connectivity index (χ4v) is 2.72. The van der Waals surface area contributed by atoms with Gasteiger partial charge in [0.15, 0.2) is 0 Å². The summed E-state index contributed by atoms with van der Waals surface area (Å²) in [6.45, 7) is 1.36. The van der Waals surface area contributed by atoms with E-state index in [0.29, 0.717) is 18.1 Å². The fraction of sp³-hybridized carbons (Fsp3) is 0.222. The summed E-state index contributed by atoms with van der Waals surface area (Å²) in [6, 6.07) is 13.8. The van der Waals surface area contributed by atoms with Gasteiger partial charge in [0.05, 0.1) is 24.2 Å². The summed E-state index contributed by atoms with van der Waals surface area (Å²) >= 11 is 6.03. The Balaban J connectivity index is 1.82. The molecule has 0 saturated carbocycles. The number of ether oxygens (including phenoxy) is 2. The average molecular weight is 346 g/mol. The van der Waals surface area contributed by atoms with Gasteiger partial charge in [-0.1, -0.05) is 29.8 Å². The largest absolute Gasteiger partial charge is 0.460 e. The number of cyclic esters (lactones) is 2. The molecule has 0 bridgehead atoms. The highest BCUT2D eigenvalue weighted by Crippen LogP contribution is 2.20. The first-order valence-electron chi connectivity index (χ1n) is 7.59. The fourth-order valence-electron chi connectivity index (χ4n) is 2.53. The number of hydrogen-bond donors (Lipinski definition) is 0. The topological polar surface area (TPSA) is 55.8 Å². The molecular weight excluding hydrogens is 330 g/mol. The molecule has 0 spiro atoms. The molecule has 0 atom stereocenters. The third kappa shape index (κ3) is 3.68. The lowest BCUT2D eigenvalue weighted by Gasteiger charge is -2.24. The van der Waals surface area contributed by atoms with Gasteiger partial charge in [0.1, 0.15) is 13.2 Å². The van der Waals surface area contributed by atoms with Crippen LogP contribution in [0.5, 0.6) is 0 Å². The lowest BCUT2D eigenvalue weighted by molar-refractivity contribution is 0.0488. The SMILES string of the molecule is O=C1OCCN(c2cccc(Cl)c2)CCOC(=O)c2ccccc21. The Bertz CT molecular complexity index is 721. The van der Waals surface area contributed by atoms with E-state index in [1.54, 1.807) is 30.3 Å². The van der Waals surface area contributed by atoms with Crippen LogP contribution < -0.4 is 4.90 Å². The van der Waals surface area contributed by atoms with Crippen LogP contribution >= 0.6 is 11.6 Å². The molecule has 2 aromatic rings. The molecule has 3 rings (SSSR count). The van der Waals surface area contributed by atoms with E-state index in [1.807, 2.05) is 23.1 Å². The molecule has 1 aliphatic rings. The van der Waals surface area contributed by atoms with Crippen molar-refractivity contribution in [3.63, 3.8) is 0 Å². The average Bonchev–Trinajstić information content (AvgIpc) is 2.62. The molecule has 0 amide bonds. The minimum absolute atomic E-state index is 0.202. The van der Waals surface area contributed by atoms with Gasteiger partial charge < -0.3 is 14.4 Å². The molecule has 24 heavy (non-hydrogen) atoms. The van der Waals surface area contributed by atoms with Crippen LogP contribution in [0.3, 0.4) is 0 Å². The van der Waals surface area contributed by atoms with E-state index in [9.17, 15) is 9.59 Å². The van der Waals surface area contributed by atoms with Gasteiger partial charge in [0.25, 0.3) is 0 Å². The number of carbonyl (C=O) groups excluding carboxylic acids is 2. The number of carbonyl (C=O) groups is 2. The van der Waals surface area contributed by atoms with Gasteiger partial charge in [-0.3, -0.25) is 0 Å². The number of halogens is 1. The van der Waals surface area contributed by atoms with Crippen molar-refractivity contribution in [2.45, 2.75) is 0 Å². The van der Waals surface area contributed by atoms with Gasteiger partial charge >= 0.3 is 11.9 Å². The molecule has 0 unspecified atom stereocenters. The quantitative estimate of drug-likeness (QED) is 0.743. The van der Waals surface area contributed by atoms with Gasteiger partial charge in [-0.15, -0.1) is 0 Å². The van der Waals surface area contributed by atoms with E-state index in [0.717, 1.165) is 5.69 Å². The molecule has 0 saturated heterocycles. The first kappa shape index (κ1) is 16.3. The molecular formula is C18H16ClNO4. The normalized spacial score (nSPS) is 15.8. The predicted octanol–water partition coefficient (Wildman–Crippen LogP) is 3.17. The van der Waals surface area contributed by atoms with E-state index in [4.69, 9.17) is 21.1 Å². The number of hydrogen-bond acceptors (Lipinski definition) is 5. The Morgan fingerprint density at radius 3 is 1.96 bits per heavy atom. The van der Waals surface area contributed by atoms with Crippen molar-refractivity contribution in [3.05, 3.63) is 64.7 Å². The Morgan fingerprint density at radius 2 is 1.42 bits per heavy atom. The first-order chi connectivity index (χ1) is 11.6. The van der Waals surface area contributed by atoms with Crippen LogP contribution in [0.15, 0.2) is 48.5 Å². The molecule has 0 radical (unpaired) electrons. The van der Waals surface area contributed by atoms with Crippen LogP contribution in [-0.2, 0) is 9.47 Å². The van der Waals surface area contributed by atoms with E-state index < -0.39 is 11.9 Å². The molecule has 0 aromatic heterocycles. The second kappa shape index (κ2) is 7.36. The standard InChI is InChI=1S/C18H16ClNO4/c19-13-4-3-5-14(12-13)20-8-10-23-17(21)15-6-1-2-7-16(15)18(22)24-11-9-20/h1-7,12H,8-11H2. The van der Waals surface area contributed by atoms with E-state index in [-0.39, 0.29) is 24.3 Å². The highest BCUT2D eigenvalue weighted by molar-refractivity contribution is 6.30. The molecule has 6 heteroatoms. The predicted molar refractivity (Wildman–Crippen MR) is 90.7 cm³/mol. The summed E-state index contributed by atoms with van der Waals surface area (Å²) in [5, 5.41) is 0.614. The molecule has 0 N–H and O–H groups in total. The maximum atomic E-state index is 12.2. The van der Waals surface area contributed by atoms with Crippen LogP contribution in [0.4, 0.5) is 5.69 Å². The second-order valence-corrected chi connectivity index (χ2v) is 5.72. The highest BCUT2D eigenvalue weighted by atomic mass is 35.5. The zero-order chi connectivity index (χ0) is 16.9. The Labute approximate surface area is 144 Å². The van der Waals surface area contributed by atoms with Crippen LogP contribution in [0, 0.1) is 0 Å². The van der Waals surface area contributed by atoms with Crippen LogP contribution in [0.25, 0.3) is 0 Å². The van der Waals surface area contributed by atoms with E-state index >= 15 is 0 Å². The van der Waals surface area contributed by atoms with Gasteiger partial charge in [-0.2, -0.15) is 0 Å². The second-order valence-electron chi connectivity index (χ2n) is 5.28. The molecule has 1 heterocycles. The lowest BCUT2D eigenvalue weighted by atomic mass is 10.1. The third-order valence-electron chi connectivity index (χ3n) is 3.73. The Kier molecular flexibility index (Phi) is 5.01. The van der Waals surface area contributed by atoms with Crippen molar-refractivity contribution in [1.82, 2.24) is 0 Å². The van der Waals surface area contributed by atoms with Crippen LogP contribution in [-0.4, -0.2) is 38.2 Å². The molecule has 0 aliphatic carbocycles. The maximum absolute atomic E-state index is 12.2. The molecule has 2 aromatic carbocycles. The summed E-state index contributed by atoms with van der Waals surface area (Å²) in [4.78, 5) is 26.4. The van der Waals surface area contributed by atoms with Crippen molar-refractivity contribution in [2.75, 3.05) is 31.2 Å². The Hall–Kier alpha value is -2.53. The number of anilines is 1. The highest BCUT2D eigenvalue weighted by Gasteiger charge is 2.21. The van der Waals surface area contributed by atoms with Crippen LogP contribution in [0.2, 0.25) is 5.02 Å². The smallest absolute Gasteiger partial charge is 0.339 e. The minimum atomic E-state index is -0.532. The van der Waals surface area contributed by atoms with Gasteiger partial charge in [-0.25, -0.2) is 9.59 Å². The summed E-state index contributed by atoms with van der Waals surface area (Å²) < 4.78 is 10.6. The number of fused-ring (bicyclic) bond motifs is 1. The number of rotatable bonds is 1. The zero-order valence-electron chi connectivity index (χ0n) is 12.9. The van der Waals surface area contributed by atoms with Crippen molar-refractivity contribution in [2.24, 2.45) is 0 Å². The van der Waals surface area contributed by atoms with E-state index in [2.05, 4.69) is 0 Å². The molecule has 0 fully saturated rings. The molecule has 5 nitrogen and oxygen atoms in total. The van der Waals surface area contributed by atoms with Gasteiger partial charge in [-0.05, 0) is 30.3 Å². The van der Waals surface area contributed by atoms with Crippen molar-refractivity contribution < 1.29 is 19.1 Å². The summed E-state index contributed by atoms with van der Waals surface area (Å²) in [5.41, 5.74) is 1.32. The summed E-state index contributed by atoms with van der Waals surface area (Å²) in [6.07, 6.45) is 0. The Morgan fingerprint density at radius 1 is 0.833 bits per heavy atom. The minimum Gasteiger partial charge on any atom is -0.460 e. The van der Waals surface area contributed by atoms with Crippen molar-refractivity contribution in [1.29, 1.82) is 0 Å². The third-order valence-corrected chi connectivity index (χ3v) is 3.96. The zero-order valence-corrected chi connectivity index (χ0v) is 13.7. The van der Waals surface area contributed by atoms with Crippen LogP contribution in [0.1, 0.15) is 20.7 Å². The maximum Gasteiger partial charge on any atom is 0.339 e. The molecule has 1 aliphatic heterocycles. The monoisotopic (exact) mass is 345 g/mol. The lowest BCUT2D eigenvalue weighted by Crippen LogP contribution is -2.31. The van der Waals surface area contributed by atoms with Gasteiger partial charge in [0, 0.05) is 10.7 Å². The van der Waals surface area contributed by atoms with Crippen molar-refractivity contribution >= 4 is 29.2 Å². The number of esters is 2. The number of nitrogens with zero attached hydrogens (tertiary/aromatic N) is 1. The first-order valence-corrected chi connectivity index (χ1v) is 7.97. The van der Waals surface area contributed by atoms with Crippen molar-refractivity contribution in [3.8, 4) is 0 Å². The molecule has 124 valence electrons.